The van der Waals surface area contributed by atoms with Crippen molar-refractivity contribution in [2.24, 2.45) is 21.0 Å². The minimum absolute atomic E-state index is 0.272. The van der Waals surface area contributed by atoms with Gasteiger partial charge in [0.25, 0.3) is 0 Å². The number of hydrogen-bond donors (Lipinski definition) is 2. The molecule has 3 N–H and O–H groups in total. The number of hydrogen-bond acceptors (Lipinski definition) is 6. The molecule has 1 aliphatic rings. The van der Waals surface area contributed by atoms with E-state index in [-0.39, 0.29) is 5.84 Å². The third kappa shape index (κ3) is 2.39. The number of aromatic nitrogens is 1. The van der Waals surface area contributed by atoms with Crippen LogP contribution in [0.1, 0.15) is 5.69 Å². The lowest BCUT2D eigenvalue weighted by Crippen LogP contribution is -2.29. The van der Waals surface area contributed by atoms with Gasteiger partial charge in [-0.2, -0.15) is 5.10 Å². The quantitative estimate of drug-likeness (QED) is 0.826. The van der Waals surface area contributed by atoms with Crippen LogP contribution in [-0.4, -0.2) is 22.2 Å². The zero-order valence-electron chi connectivity index (χ0n) is 10.6. The number of amidine groups is 1. The second kappa shape index (κ2) is 5.31. The third-order valence-electron chi connectivity index (χ3n) is 2.70. The first-order chi connectivity index (χ1) is 9.84. The van der Waals surface area contributed by atoms with Crippen LogP contribution in [0.25, 0.3) is 0 Å². The van der Waals surface area contributed by atoms with Gasteiger partial charge >= 0.3 is 0 Å². The van der Waals surface area contributed by atoms with Crippen molar-refractivity contribution in [2.75, 3.05) is 5.43 Å². The van der Waals surface area contributed by atoms with Gasteiger partial charge in [0.2, 0.25) is 0 Å². The first-order valence-corrected chi connectivity index (χ1v) is 6.06. The van der Waals surface area contributed by atoms with Gasteiger partial charge in [0.05, 0.1) is 11.4 Å². The summed E-state index contributed by atoms with van der Waals surface area (Å²) in [5.41, 5.74) is 11.3. The van der Waals surface area contributed by atoms with E-state index in [1.165, 1.54) is 0 Å². The molecular weight excluding hydrogens is 252 g/mol. The molecular formula is C14H12N6. The molecule has 0 amide bonds. The molecule has 98 valence electrons. The second-order valence-corrected chi connectivity index (χ2v) is 4.09. The highest BCUT2D eigenvalue weighted by Gasteiger charge is 2.22. The maximum absolute atomic E-state index is 5.81. The fourth-order valence-corrected chi connectivity index (χ4v) is 1.74. The number of hydrazone groups is 1. The topological polar surface area (TPSA) is 88.0 Å². The predicted molar refractivity (Wildman–Crippen MR) is 79.9 cm³/mol. The Morgan fingerprint density at radius 2 is 1.75 bits per heavy atom. The highest BCUT2D eigenvalue weighted by molar-refractivity contribution is 6.72. The van der Waals surface area contributed by atoms with Crippen LogP contribution in [0.2, 0.25) is 0 Å². The van der Waals surface area contributed by atoms with Gasteiger partial charge in [-0.25, -0.2) is 0 Å². The largest absolute Gasteiger partial charge is 0.380 e. The highest BCUT2D eigenvalue weighted by Crippen LogP contribution is 2.09. The molecule has 0 saturated carbocycles. The van der Waals surface area contributed by atoms with Crippen molar-refractivity contribution >= 4 is 22.9 Å². The van der Waals surface area contributed by atoms with Crippen molar-refractivity contribution in [3.63, 3.8) is 0 Å². The molecule has 0 unspecified atom stereocenters. The van der Waals surface area contributed by atoms with Gasteiger partial charge in [0.1, 0.15) is 5.71 Å². The molecule has 0 aliphatic carbocycles. The monoisotopic (exact) mass is 264 g/mol. The van der Waals surface area contributed by atoms with Crippen LogP contribution in [0.15, 0.2) is 70.0 Å². The average molecular weight is 264 g/mol. The van der Waals surface area contributed by atoms with E-state index in [0.29, 0.717) is 17.1 Å². The Balaban J connectivity index is 1.87. The maximum Gasteiger partial charge on any atom is 0.176 e. The van der Waals surface area contributed by atoms with E-state index in [4.69, 9.17) is 5.73 Å². The number of nitrogens with one attached hydrogen (secondary N) is 1. The van der Waals surface area contributed by atoms with Crippen LogP contribution in [0.4, 0.5) is 5.69 Å². The second-order valence-electron chi connectivity index (χ2n) is 4.09. The first kappa shape index (κ1) is 12.0. The fraction of sp³-hybridized carbons (Fsp3) is 0. The normalized spacial score (nSPS) is 15.9. The number of pyridine rings is 1. The van der Waals surface area contributed by atoms with Gasteiger partial charge < -0.3 is 5.73 Å². The van der Waals surface area contributed by atoms with Crippen LogP contribution < -0.4 is 11.2 Å². The van der Waals surface area contributed by atoms with Gasteiger partial charge in [-0.1, -0.05) is 24.3 Å². The summed E-state index contributed by atoms with van der Waals surface area (Å²) in [5.74, 6) is 0.272. The standard InChI is InChI=1S/C14H12N6/c15-14-13(19-17-10-6-2-1-3-7-10)12(18-20-14)11-8-4-5-9-16-11/h1-9,17H,(H2,15,19,20). The molecule has 0 atom stereocenters. The Morgan fingerprint density at radius 1 is 0.950 bits per heavy atom. The lowest BCUT2D eigenvalue weighted by Gasteiger charge is -2.04. The molecule has 0 saturated heterocycles. The maximum atomic E-state index is 5.81. The van der Waals surface area contributed by atoms with Crippen molar-refractivity contribution in [1.82, 2.24) is 4.98 Å². The number of nitrogens with two attached hydrogens (primary N) is 1. The molecule has 2 heterocycles. The van der Waals surface area contributed by atoms with Gasteiger partial charge in [0.15, 0.2) is 11.5 Å². The SMILES string of the molecule is NC1=NN=C(c2ccccn2)/C1=N\Nc1ccccc1. The Kier molecular flexibility index (Phi) is 3.20. The Hall–Kier alpha value is -3.02. The van der Waals surface area contributed by atoms with Crippen LogP contribution in [0, 0.1) is 0 Å². The van der Waals surface area contributed by atoms with Crippen molar-refractivity contribution in [3.8, 4) is 0 Å². The molecule has 0 bridgehead atoms. The zero-order chi connectivity index (χ0) is 13.8. The molecule has 0 spiro atoms. The van der Waals surface area contributed by atoms with Crippen LogP contribution in [0.3, 0.4) is 0 Å². The molecule has 2 aromatic rings. The average Bonchev–Trinajstić information content (AvgIpc) is 2.88. The number of nitrogens with zero attached hydrogens (tertiary/aromatic N) is 4. The molecule has 6 nitrogen and oxygen atoms in total. The molecule has 0 fully saturated rings. The van der Waals surface area contributed by atoms with Crippen LogP contribution in [0.5, 0.6) is 0 Å². The first-order valence-electron chi connectivity index (χ1n) is 6.06. The minimum atomic E-state index is 0.272. The Morgan fingerprint density at radius 3 is 2.50 bits per heavy atom. The van der Waals surface area contributed by atoms with E-state index in [0.717, 1.165) is 5.69 Å². The van der Waals surface area contributed by atoms with Crippen molar-refractivity contribution in [1.29, 1.82) is 0 Å². The Bertz CT molecular complexity index is 688. The molecule has 1 aromatic carbocycles. The van der Waals surface area contributed by atoms with E-state index >= 15 is 0 Å². The zero-order valence-corrected chi connectivity index (χ0v) is 10.6. The summed E-state index contributed by atoms with van der Waals surface area (Å²) >= 11 is 0. The van der Waals surface area contributed by atoms with Gasteiger partial charge in [-0.15, -0.1) is 10.2 Å². The summed E-state index contributed by atoms with van der Waals surface area (Å²) in [6.07, 6.45) is 1.69. The van der Waals surface area contributed by atoms with E-state index in [1.54, 1.807) is 6.20 Å². The molecule has 0 radical (unpaired) electrons. The lowest BCUT2D eigenvalue weighted by atomic mass is 10.1. The minimum Gasteiger partial charge on any atom is -0.380 e. The summed E-state index contributed by atoms with van der Waals surface area (Å²) in [7, 11) is 0. The number of anilines is 1. The van der Waals surface area contributed by atoms with Gasteiger partial charge in [-0.3, -0.25) is 10.4 Å². The van der Waals surface area contributed by atoms with Crippen molar-refractivity contribution in [2.45, 2.75) is 0 Å². The van der Waals surface area contributed by atoms with E-state index in [2.05, 4.69) is 25.7 Å². The highest BCUT2D eigenvalue weighted by atomic mass is 15.3. The van der Waals surface area contributed by atoms with E-state index in [1.807, 2.05) is 48.5 Å². The number of rotatable bonds is 3. The summed E-state index contributed by atoms with van der Waals surface area (Å²) in [5, 5.41) is 12.2. The molecule has 6 heteroatoms. The summed E-state index contributed by atoms with van der Waals surface area (Å²) in [6, 6.07) is 15.1. The van der Waals surface area contributed by atoms with Gasteiger partial charge in [0, 0.05) is 6.20 Å². The predicted octanol–water partition coefficient (Wildman–Crippen LogP) is 1.62. The van der Waals surface area contributed by atoms with E-state index < -0.39 is 0 Å². The van der Waals surface area contributed by atoms with Crippen molar-refractivity contribution in [3.05, 3.63) is 60.4 Å². The molecule has 20 heavy (non-hydrogen) atoms. The smallest absolute Gasteiger partial charge is 0.176 e. The molecule has 1 aromatic heterocycles. The number of benzene rings is 1. The van der Waals surface area contributed by atoms with E-state index in [9.17, 15) is 0 Å². The summed E-state index contributed by atoms with van der Waals surface area (Å²) in [4.78, 5) is 4.23. The number of para-hydroxylation sites is 1. The van der Waals surface area contributed by atoms with Gasteiger partial charge in [-0.05, 0) is 24.3 Å². The third-order valence-corrected chi connectivity index (χ3v) is 2.70. The van der Waals surface area contributed by atoms with Crippen LogP contribution >= 0.6 is 0 Å². The Labute approximate surface area is 115 Å². The summed E-state index contributed by atoms with van der Waals surface area (Å²) < 4.78 is 0. The molecule has 3 rings (SSSR count). The van der Waals surface area contributed by atoms with Crippen molar-refractivity contribution < 1.29 is 0 Å². The summed E-state index contributed by atoms with van der Waals surface area (Å²) in [6.45, 7) is 0. The fourth-order valence-electron chi connectivity index (χ4n) is 1.74. The molecule has 1 aliphatic heterocycles. The lowest BCUT2D eigenvalue weighted by molar-refractivity contribution is 1.23. The van der Waals surface area contributed by atoms with Crippen LogP contribution in [-0.2, 0) is 0 Å².